The van der Waals surface area contributed by atoms with E-state index in [0.29, 0.717) is 6.04 Å². The Kier molecular flexibility index (Phi) is 5.26. The zero-order valence-corrected chi connectivity index (χ0v) is 16.2. The third-order valence-electron chi connectivity index (χ3n) is 5.36. The van der Waals surface area contributed by atoms with Gasteiger partial charge in [0.1, 0.15) is 5.82 Å². The van der Waals surface area contributed by atoms with Gasteiger partial charge in [-0.2, -0.15) is 4.37 Å². The van der Waals surface area contributed by atoms with Crippen LogP contribution in [0, 0.1) is 0 Å². The number of nitrogens with one attached hydrogen (secondary N) is 1. The van der Waals surface area contributed by atoms with E-state index in [1.807, 2.05) is 4.90 Å². The van der Waals surface area contributed by atoms with Gasteiger partial charge in [0.25, 0.3) is 0 Å². The van der Waals surface area contributed by atoms with E-state index in [0.717, 1.165) is 58.1 Å². The van der Waals surface area contributed by atoms with Crippen LogP contribution in [0.2, 0.25) is 0 Å². The molecule has 0 spiro atoms. The van der Waals surface area contributed by atoms with Crippen molar-refractivity contribution in [1.82, 2.24) is 19.5 Å². The van der Waals surface area contributed by atoms with E-state index in [1.54, 1.807) is 11.5 Å². The van der Waals surface area contributed by atoms with Crippen LogP contribution in [-0.4, -0.2) is 72.1 Å². The molecule has 2 aliphatic rings. The molecule has 1 aromatic carbocycles. The molecule has 4 rings (SSSR count). The highest BCUT2D eigenvalue weighted by molar-refractivity contribution is 7.13. The predicted octanol–water partition coefficient (Wildman–Crippen LogP) is 2.61. The highest BCUT2D eigenvalue weighted by Gasteiger charge is 2.27. The van der Waals surface area contributed by atoms with Crippen molar-refractivity contribution in [3.8, 4) is 0 Å². The summed E-state index contributed by atoms with van der Waals surface area (Å²) in [5, 5.41) is 4.45. The first-order valence-corrected chi connectivity index (χ1v) is 10.4. The van der Waals surface area contributed by atoms with Gasteiger partial charge in [0, 0.05) is 50.7 Å². The van der Waals surface area contributed by atoms with Crippen molar-refractivity contribution in [3.05, 3.63) is 24.3 Å². The van der Waals surface area contributed by atoms with Gasteiger partial charge in [-0.3, -0.25) is 0 Å². The van der Waals surface area contributed by atoms with Crippen LogP contribution < -0.4 is 10.2 Å². The van der Waals surface area contributed by atoms with Crippen molar-refractivity contribution in [2.24, 2.45) is 0 Å². The van der Waals surface area contributed by atoms with E-state index in [9.17, 15) is 4.79 Å². The van der Waals surface area contributed by atoms with Crippen LogP contribution >= 0.6 is 11.5 Å². The average molecular weight is 374 g/mol. The van der Waals surface area contributed by atoms with Crippen LogP contribution in [0.15, 0.2) is 24.3 Å². The number of benzene rings is 1. The molecule has 6 nitrogen and oxygen atoms in total. The van der Waals surface area contributed by atoms with Gasteiger partial charge in [-0.05, 0) is 43.1 Å². The molecule has 2 aliphatic heterocycles. The fraction of sp³-hybridized carbons (Fsp3) is 0.579. The monoisotopic (exact) mass is 373 g/mol. The molecule has 0 saturated carbocycles. The predicted molar refractivity (Wildman–Crippen MR) is 107 cm³/mol. The molecule has 1 N–H and O–H groups in total. The Hall–Kier alpha value is -1.86. The summed E-state index contributed by atoms with van der Waals surface area (Å²) in [5.41, 5.74) is 0. The second-order valence-electron chi connectivity index (χ2n) is 7.21. The summed E-state index contributed by atoms with van der Waals surface area (Å²) in [6.45, 7) is 8.62. The fourth-order valence-electron chi connectivity index (χ4n) is 3.96. The summed E-state index contributed by atoms with van der Waals surface area (Å²) in [6.07, 6.45) is 2.24. The molecule has 2 fully saturated rings. The van der Waals surface area contributed by atoms with Crippen molar-refractivity contribution in [1.29, 1.82) is 0 Å². The second-order valence-corrected chi connectivity index (χ2v) is 8.02. The molecule has 0 bridgehead atoms. The van der Waals surface area contributed by atoms with Gasteiger partial charge >= 0.3 is 6.03 Å². The van der Waals surface area contributed by atoms with Crippen LogP contribution in [0.1, 0.15) is 19.8 Å². The molecular formula is C19H27N5OS. The lowest BCUT2D eigenvalue weighted by Crippen LogP contribution is -2.54. The summed E-state index contributed by atoms with van der Waals surface area (Å²) >= 11 is 1.55. The minimum Gasteiger partial charge on any atom is -0.352 e. The number of aromatic nitrogens is 1. The Balaban J connectivity index is 1.30. The molecule has 2 aromatic rings. The minimum atomic E-state index is 0.0936. The summed E-state index contributed by atoms with van der Waals surface area (Å²) < 4.78 is 5.86. The standard InChI is InChI=1S/C19H27N5OS/c1-2-8-22-9-7-15(14-22)20-19(25)24-12-10-23(11-13-24)18-16-5-3-4-6-17(16)26-21-18/h3-6,15H,2,7-14H2,1H3,(H,20,25). The summed E-state index contributed by atoms with van der Waals surface area (Å²) in [4.78, 5) is 19.3. The number of fused-ring (bicyclic) bond motifs is 1. The Morgan fingerprint density at radius 2 is 2.04 bits per heavy atom. The molecule has 2 amide bonds. The quantitative estimate of drug-likeness (QED) is 0.895. The Morgan fingerprint density at radius 3 is 2.85 bits per heavy atom. The van der Waals surface area contributed by atoms with Crippen LogP contribution in [0.5, 0.6) is 0 Å². The van der Waals surface area contributed by atoms with Gasteiger partial charge in [0.05, 0.1) is 4.70 Å². The third-order valence-corrected chi connectivity index (χ3v) is 6.18. The number of nitrogens with zero attached hydrogens (tertiary/aromatic N) is 4. The van der Waals surface area contributed by atoms with Gasteiger partial charge in [0.15, 0.2) is 0 Å². The van der Waals surface area contributed by atoms with Crippen molar-refractivity contribution in [3.63, 3.8) is 0 Å². The first-order chi connectivity index (χ1) is 12.7. The van der Waals surface area contributed by atoms with Crippen molar-refractivity contribution >= 4 is 33.5 Å². The average Bonchev–Trinajstić information content (AvgIpc) is 3.29. The number of rotatable bonds is 4. The van der Waals surface area contributed by atoms with Crippen molar-refractivity contribution in [2.45, 2.75) is 25.8 Å². The normalized spacial score (nSPS) is 21.5. The van der Waals surface area contributed by atoms with E-state index in [4.69, 9.17) is 0 Å². The van der Waals surface area contributed by atoms with Crippen molar-refractivity contribution < 1.29 is 4.79 Å². The fourth-order valence-corrected chi connectivity index (χ4v) is 4.75. The van der Waals surface area contributed by atoms with E-state index in [2.05, 4.69) is 50.7 Å². The van der Waals surface area contributed by atoms with Crippen molar-refractivity contribution in [2.75, 3.05) is 50.7 Å². The maximum atomic E-state index is 12.6. The maximum absolute atomic E-state index is 12.6. The topological polar surface area (TPSA) is 51.7 Å². The number of carbonyl (C=O) groups is 1. The zero-order chi connectivity index (χ0) is 17.9. The number of amides is 2. The number of hydrogen-bond acceptors (Lipinski definition) is 5. The molecule has 1 aromatic heterocycles. The summed E-state index contributed by atoms with van der Waals surface area (Å²) in [5.74, 6) is 1.07. The highest BCUT2D eigenvalue weighted by atomic mass is 32.1. The number of piperazine rings is 1. The zero-order valence-electron chi connectivity index (χ0n) is 15.4. The molecule has 1 unspecified atom stereocenters. The van der Waals surface area contributed by atoms with E-state index >= 15 is 0 Å². The molecule has 2 saturated heterocycles. The molecular weight excluding hydrogens is 346 g/mol. The van der Waals surface area contributed by atoms with Gasteiger partial charge < -0.3 is 20.0 Å². The Bertz CT molecular complexity index is 755. The molecule has 1 atom stereocenters. The minimum absolute atomic E-state index is 0.0936. The van der Waals surface area contributed by atoms with E-state index in [1.165, 1.54) is 16.5 Å². The third kappa shape index (κ3) is 3.64. The molecule has 0 aliphatic carbocycles. The van der Waals surface area contributed by atoms with Crippen LogP contribution in [0.4, 0.5) is 10.6 Å². The smallest absolute Gasteiger partial charge is 0.317 e. The lowest BCUT2D eigenvalue weighted by Gasteiger charge is -2.35. The SMILES string of the molecule is CCCN1CCC(NC(=O)N2CCN(c3nsc4ccccc34)CC2)C1. The van der Waals surface area contributed by atoms with Crippen LogP contribution in [-0.2, 0) is 0 Å². The summed E-state index contributed by atoms with van der Waals surface area (Å²) in [7, 11) is 0. The number of anilines is 1. The van der Waals surface area contributed by atoms with E-state index in [-0.39, 0.29) is 6.03 Å². The van der Waals surface area contributed by atoms with E-state index < -0.39 is 0 Å². The number of hydrogen-bond donors (Lipinski definition) is 1. The molecule has 0 radical (unpaired) electrons. The maximum Gasteiger partial charge on any atom is 0.317 e. The largest absolute Gasteiger partial charge is 0.352 e. The number of urea groups is 1. The molecule has 7 heteroatoms. The summed E-state index contributed by atoms with van der Waals surface area (Å²) in [6, 6.07) is 8.76. The molecule has 140 valence electrons. The van der Waals surface area contributed by atoms with Gasteiger partial charge in [-0.25, -0.2) is 4.79 Å². The Labute approximate surface area is 158 Å². The lowest BCUT2D eigenvalue weighted by molar-refractivity contribution is 0.190. The number of likely N-dealkylation sites (tertiary alicyclic amines) is 1. The molecule has 3 heterocycles. The first kappa shape index (κ1) is 17.5. The van der Waals surface area contributed by atoms with Crippen LogP contribution in [0.25, 0.3) is 10.1 Å². The van der Waals surface area contributed by atoms with Crippen LogP contribution in [0.3, 0.4) is 0 Å². The lowest BCUT2D eigenvalue weighted by atomic mass is 10.2. The first-order valence-electron chi connectivity index (χ1n) is 9.61. The van der Waals surface area contributed by atoms with Gasteiger partial charge in [-0.1, -0.05) is 19.1 Å². The van der Waals surface area contributed by atoms with Gasteiger partial charge in [-0.15, -0.1) is 0 Å². The molecule has 26 heavy (non-hydrogen) atoms. The Morgan fingerprint density at radius 1 is 1.23 bits per heavy atom. The number of carbonyl (C=O) groups excluding carboxylic acids is 1. The highest BCUT2D eigenvalue weighted by Crippen LogP contribution is 2.29. The second kappa shape index (κ2) is 7.80. The van der Waals surface area contributed by atoms with Gasteiger partial charge in [0.2, 0.25) is 0 Å².